The SMILES string of the molecule is Cl.NCc1nc(-c2ccc(NC(=O)CC3CCCO3)cc2)n[nH]1. The van der Waals surface area contributed by atoms with Crippen molar-refractivity contribution in [2.24, 2.45) is 5.73 Å². The van der Waals surface area contributed by atoms with E-state index in [4.69, 9.17) is 10.5 Å². The Morgan fingerprint density at radius 3 is 2.78 bits per heavy atom. The van der Waals surface area contributed by atoms with Gasteiger partial charge in [-0.05, 0) is 37.1 Å². The first-order valence-electron chi connectivity index (χ1n) is 7.38. The van der Waals surface area contributed by atoms with Crippen LogP contribution < -0.4 is 11.1 Å². The number of hydrogen-bond acceptors (Lipinski definition) is 5. The zero-order chi connectivity index (χ0) is 15.4. The predicted molar refractivity (Wildman–Crippen MR) is 89.2 cm³/mol. The summed E-state index contributed by atoms with van der Waals surface area (Å²) in [5.41, 5.74) is 7.12. The van der Waals surface area contributed by atoms with Gasteiger partial charge in [0.25, 0.3) is 0 Å². The molecule has 1 aromatic carbocycles. The highest BCUT2D eigenvalue weighted by Crippen LogP contribution is 2.19. The van der Waals surface area contributed by atoms with Crippen LogP contribution in [0.3, 0.4) is 0 Å². The highest BCUT2D eigenvalue weighted by atomic mass is 35.5. The van der Waals surface area contributed by atoms with Crippen LogP contribution in [0.1, 0.15) is 25.1 Å². The Labute approximate surface area is 140 Å². The predicted octanol–water partition coefficient (Wildman–Crippen LogP) is 1.86. The molecule has 0 bridgehead atoms. The van der Waals surface area contributed by atoms with Crippen LogP contribution in [0.25, 0.3) is 11.4 Å². The fourth-order valence-corrected chi connectivity index (χ4v) is 2.44. The molecule has 1 aliphatic heterocycles. The number of anilines is 1. The molecule has 2 aromatic rings. The van der Waals surface area contributed by atoms with Crippen LogP contribution in [0.15, 0.2) is 24.3 Å². The van der Waals surface area contributed by atoms with Crippen molar-refractivity contribution in [2.45, 2.75) is 31.9 Å². The quantitative estimate of drug-likeness (QED) is 0.772. The summed E-state index contributed by atoms with van der Waals surface area (Å²) in [6.45, 7) is 1.08. The van der Waals surface area contributed by atoms with E-state index in [9.17, 15) is 4.79 Å². The Morgan fingerprint density at radius 1 is 1.39 bits per heavy atom. The molecule has 0 saturated carbocycles. The van der Waals surface area contributed by atoms with Crippen LogP contribution in [0.4, 0.5) is 5.69 Å². The first kappa shape index (κ1) is 17.4. The zero-order valence-corrected chi connectivity index (χ0v) is 13.4. The van der Waals surface area contributed by atoms with E-state index in [0.29, 0.717) is 24.6 Å². The van der Waals surface area contributed by atoms with Gasteiger partial charge in [-0.15, -0.1) is 12.4 Å². The average molecular weight is 338 g/mol. The van der Waals surface area contributed by atoms with Crippen molar-refractivity contribution in [3.63, 3.8) is 0 Å². The third-order valence-electron chi connectivity index (χ3n) is 3.59. The fraction of sp³-hybridized carbons (Fsp3) is 0.400. The summed E-state index contributed by atoms with van der Waals surface area (Å²) >= 11 is 0. The highest BCUT2D eigenvalue weighted by molar-refractivity contribution is 5.91. The van der Waals surface area contributed by atoms with Gasteiger partial charge in [-0.3, -0.25) is 9.89 Å². The summed E-state index contributed by atoms with van der Waals surface area (Å²) in [5.74, 6) is 1.21. The second-order valence-corrected chi connectivity index (χ2v) is 5.27. The van der Waals surface area contributed by atoms with E-state index in [1.54, 1.807) is 0 Å². The van der Waals surface area contributed by atoms with Crippen LogP contribution in [0.5, 0.6) is 0 Å². The normalized spacial score (nSPS) is 16.8. The molecule has 23 heavy (non-hydrogen) atoms. The number of nitrogens with one attached hydrogen (secondary N) is 2. The number of nitrogens with zero attached hydrogens (tertiary/aromatic N) is 2. The van der Waals surface area contributed by atoms with Crippen LogP contribution in [-0.4, -0.2) is 33.8 Å². The molecule has 1 fully saturated rings. The molecule has 0 radical (unpaired) electrons. The first-order chi connectivity index (χ1) is 10.7. The number of H-pyrrole nitrogens is 1. The van der Waals surface area contributed by atoms with Gasteiger partial charge < -0.3 is 15.8 Å². The lowest BCUT2D eigenvalue weighted by Crippen LogP contribution is -2.19. The van der Waals surface area contributed by atoms with E-state index in [1.807, 2.05) is 24.3 Å². The molecule has 0 spiro atoms. The van der Waals surface area contributed by atoms with E-state index >= 15 is 0 Å². The molecule has 0 aliphatic carbocycles. The molecule has 1 saturated heterocycles. The molecule has 1 amide bonds. The molecule has 7 nitrogen and oxygen atoms in total. The number of aromatic nitrogens is 3. The van der Waals surface area contributed by atoms with Crippen molar-refractivity contribution < 1.29 is 9.53 Å². The summed E-state index contributed by atoms with van der Waals surface area (Å²) in [6, 6.07) is 7.40. The minimum absolute atomic E-state index is 0. The number of amides is 1. The Morgan fingerprint density at radius 2 is 2.17 bits per heavy atom. The Balaban J connectivity index is 0.00000192. The molecule has 1 aromatic heterocycles. The van der Waals surface area contributed by atoms with E-state index in [2.05, 4.69) is 20.5 Å². The first-order valence-corrected chi connectivity index (χ1v) is 7.38. The molecule has 8 heteroatoms. The van der Waals surface area contributed by atoms with E-state index in [1.165, 1.54) is 0 Å². The molecular weight excluding hydrogens is 318 g/mol. The Kier molecular flexibility index (Phi) is 6.09. The van der Waals surface area contributed by atoms with Crippen LogP contribution in [0.2, 0.25) is 0 Å². The second-order valence-electron chi connectivity index (χ2n) is 5.27. The minimum Gasteiger partial charge on any atom is -0.378 e. The van der Waals surface area contributed by atoms with E-state index in [-0.39, 0.29) is 24.4 Å². The maximum Gasteiger partial charge on any atom is 0.226 e. The van der Waals surface area contributed by atoms with Gasteiger partial charge in [-0.2, -0.15) is 5.10 Å². The van der Waals surface area contributed by atoms with Gasteiger partial charge in [0.2, 0.25) is 5.91 Å². The van der Waals surface area contributed by atoms with Crippen molar-refractivity contribution in [3.05, 3.63) is 30.1 Å². The summed E-state index contributed by atoms with van der Waals surface area (Å²) in [7, 11) is 0. The molecule has 3 rings (SSSR count). The monoisotopic (exact) mass is 337 g/mol. The number of halogens is 1. The van der Waals surface area contributed by atoms with E-state index < -0.39 is 0 Å². The van der Waals surface area contributed by atoms with Crippen molar-refractivity contribution in [1.29, 1.82) is 0 Å². The lowest BCUT2D eigenvalue weighted by Gasteiger charge is -2.10. The zero-order valence-electron chi connectivity index (χ0n) is 12.6. The number of ether oxygens (including phenoxy) is 1. The summed E-state index contributed by atoms with van der Waals surface area (Å²) in [6.07, 6.45) is 2.46. The van der Waals surface area contributed by atoms with Gasteiger partial charge in [0.1, 0.15) is 5.82 Å². The van der Waals surface area contributed by atoms with Gasteiger partial charge in [-0.25, -0.2) is 4.98 Å². The number of hydrogen-bond donors (Lipinski definition) is 3. The summed E-state index contributed by atoms with van der Waals surface area (Å²) in [4.78, 5) is 16.2. The number of benzene rings is 1. The molecular formula is C15H20ClN5O2. The van der Waals surface area contributed by atoms with E-state index in [0.717, 1.165) is 30.7 Å². The van der Waals surface area contributed by atoms with Crippen molar-refractivity contribution in [2.75, 3.05) is 11.9 Å². The average Bonchev–Trinajstić information content (AvgIpc) is 3.19. The van der Waals surface area contributed by atoms with Crippen LogP contribution in [-0.2, 0) is 16.1 Å². The largest absolute Gasteiger partial charge is 0.378 e. The van der Waals surface area contributed by atoms with Crippen LogP contribution >= 0.6 is 12.4 Å². The van der Waals surface area contributed by atoms with Gasteiger partial charge in [0.15, 0.2) is 5.82 Å². The van der Waals surface area contributed by atoms with Crippen LogP contribution in [0, 0.1) is 0 Å². The maximum absolute atomic E-state index is 11.9. The van der Waals surface area contributed by atoms with Gasteiger partial charge in [-0.1, -0.05) is 0 Å². The number of rotatable bonds is 5. The number of carbonyl (C=O) groups excluding carboxylic acids is 1. The maximum atomic E-state index is 11.9. The standard InChI is InChI=1S/C15H19N5O2.ClH/c16-9-13-18-15(20-19-13)10-3-5-11(6-4-10)17-14(21)8-12-2-1-7-22-12;/h3-6,12H,1-2,7-9,16H2,(H,17,21)(H,18,19,20);1H. The molecule has 1 atom stereocenters. The molecule has 124 valence electrons. The number of carbonyl (C=O) groups is 1. The van der Waals surface area contributed by atoms with Crippen molar-refractivity contribution in [3.8, 4) is 11.4 Å². The highest BCUT2D eigenvalue weighted by Gasteiger charge is 2.19. The molecule has 2 heterocycles. The summed E-state index contributed by atoms with van der Waals surface area (Å²) < 4.78 is 5.46. The lowest BCUT2D eigenvalue weighted by molar-refractivity contribution is -0.118. The van der Waals surface area contributed by atoms with Gasteiger partial charge in [0.05, 0.1) is 19.1 Å². The van der Waals surface area contributed by atoms with Crippen molar-refractivity contribution in [1.82, 2.24) is 15.2 Å². The summed E-state index contributed by atoms with van der Waals surface area (Å²) in [5, 5.41) is 9.74. The number of nitrogens with two attached hydrogens (primary N) is 1. The Hall–Kier alpha value is -1.96. The smallest absolute Gasteiger partial charge is 0.226 e. The molecule has 1 unspecified atom stereocenters. The Bertz CT molecular complexity index is 638. The third-order valence-corrected chi connectivity index (χ3v) is 3.59. The van der Waals surface area contributed by atoms with Gasteiger partial charge >= 0.3 is 0 Å². The topological polar surface area (TPSA) is 106 Å². The van der Waals surface area contributed by atoms with Gasteiger partial charge in [0, 0.05) is 17.9 Å². The lowest BCUT2D eigenvalue weighted by atomic mass is 10.1. The number of aromatic amines is 1. The fourth-order valence-electron chi connectivity index (χ4n) is 2.44. The minimum atomic E-state index is -0.0250. The second kappa shape index (κ2) is 8.05. The molecule has 1 aliphatic rings. The molecule has 4 N–H and O–H groups in total. The van der Waals surface area contributed by atoms with Crippen molar-refractivity contribution >= 4 is 24.0 Å². The third kappa shape index (κ3) is 4.51.